The third-order valence-corrected chi connectivity index (χ3v) is 4.46. The second-order valence-corrected chi connectivity index (χ2v) is 5.81. The summed E-state index contributed by atoms with van der Waals surface area (Å²) in [7, 11) is 1.73. The van der Waals surface area contributed by atoms with Crippen molar-refractivity contribution in [2.24, 2.45) is 0 Å². The summed E-state index contributed by atoms with van der Waals surface area (Å²) in [6.07, 6.45) is 1.15. The maximum atomic E-state index is 5.44. The van der Waals surface area contributed by atoms with Gasteiger partial charge in [0, 0.05) is 30.6 Å². The van der Waals surface area contributed by atoms with Crippen LogP contribution in [-0.2, 0) is 6.54 Å². The lowest BCUT2D eigenvalue weighted by Crippen LogP contribution is -2.45. The minimum Gasteiger partial charge on any atom is -0.496 e. The van der Waals surface area contributed by atoms with Crippen molar-refractivity contribution in [3.05, 3.63) is 65.7 Å². The highest BCUT2D eigenvalue weighted by atomic mass is 16.5. The number of methoxy groups -OCH3 is 1. The molecule has 2 N–H and O–H groups in total. The van der Waals surface area contributed by atoms with Gasteiger partial charge in [0.25, 0.3) is 0 Å². The standard InChI is InChI=1S/C19H24N2O/c1-22-19-10-6-5-9-16(19)13-21-18-11-12-20-14-17(18)15-7-3-2-4-8-15/h2-10,17-18,20-21H,11-14H2,1H3/t17-,18+/m0/s1. The van der Waals surface area contributed by atoms with Gasteiger partial charge in [-0.2, -0.15) is 0 Å². The van der Waals surface area contributed by atoms with Crippen LogP contribution in [0.1, 0.15) is 23.5 Å². The number of para-hydroxylation sites is 1. The van der Waals surface area contributed by atoms with E-state index in [2.05, 4.69) is 53.1 Å². The molecule has 3 rings (SSSR count). The first kappa shape index (κ1) is 15.1. The number of hydrogen-bond acceptors (Lipinski definition) is 3. The monoisotopic (exact) mass is 296 g/mol. The highest BCUT2D eigenvalue weighted by Crippen LogP contribution is 2.25. The van der Waals surface area contributed by atoms with E-state index in [1.165, 1.54) is 11.1 Å². The molecule has 1 aliphatic heterocycles. The summed E-state index contributed by atoms with van der Waals surface area (Å²) < 4.78 is 5.44. The lowest BCUT2D eigenvalue weighted by atomic mass is 9.87. The van der Waals surface area contributed by atoms with Gasteiger partial charge in [-0.3, -0.25) is 0 Å². The van der Waals surface area contributed by atoms with Gasteiger partial charge in [-0.1, -0.05) is 48.5 Å². The van der Waals surface area contributed by atoms with Crippen LogP contribution in [-0.4, -0.2) is 26.2 Å². The Hall–Kier alpha value is -1.84. The summed E-state index contributed by atoms with van der Waals surface area (Å²) >= 11 is 0. The van der Waals surface area contributed by atoms with Crippen LogP contribution in [0.4, 0.5) is 0 Å². The Morgan fingerprint density at radius 1 is 1.09 bits per heavy atom. The smallest absolute Gasteiger partial charge is 0.123 e. The van der Waals surface area contributed by atoms with Crippen molar-refractivity contribution in [3.63, 3.8) is 0 Å². The number of ether oxygens (including phenoxy) is 1. The minimum absolute atomic E-state index is 0.494. The first-order valence-electron chi connectivity index (χ1n) is 7.99. The molecule has 0 aromatic heterocycles. The quantitative estimate of drug-likeness (QED) is 0.890. The number of piperidine rings is 1. The van der Waals surface area contributed by atoms with E-state index in [0.717, 1.165) is 31.8 Å². The topological polar surface area (TPSA) is 33.3 Å². The van der Waals surface area contributed by atoms with Crippen molar-refractivity contribution < 1.29 is 4.74 Å². The molecule has 0 bridgehead atoms. The van der Waals surface area contributed by atoms with E-state index >= 15 is 0 Å². The SMILES string of the molecule is COc1ccccc1CN[C@@H]1CCNC[C@H]1c1ccccc1. The lowest BCUT2D eigenvalue weighted by Gasteiger charge is -2.33. The van der Waals surface area contributed by atoms with Crippen LogP contribution in [0.15, 0.2) is 54.6 Å². The van der Waals surface area contributed by atoms with Crippen LogP contribution < -0.4 is 15.4 Å². The number of rotatable bonds is 5. The molecule has 2 aromatic rings. The molecule has 1 aliphatic rings. The van der Waals surface area contributed by atoms with Crippen molar-refractivity contribution in [2.75, 3.05) is 20.2 Å². The third kappa shape index (κ3) is 3.49. The van der Waals surface area contributed by atoms with E-state index < -0.39 is 0 Å². The van der Waals surface area contributed by atoms with Gasteiger partial charge in [0.2, 0.25) is 0 Å². The molecule has 1 saturated heterocycles. The van der Waals surface area contributed by atoms with E-state index in [4.69, 9.17) is 4.74 Å². The normalized spacial score (nSPS) is 21.5. The molecule has 0 spiro atoms. The summed E-state index contributed by atoms with van der Waals surface area (Å²) in [5.41, 5.74) is 2.63. The van der Waals surface area contributed by atoms with Crippen molar-refractivity contribution in [2.45, 2.75) is 24.9 Å². The summed E-state index contributed by atoms with van der Waals surface area (Å²) in [6.45, 7) is 2.96. The first-order valence-corrected chi connectivity index (χ1v) is 7.99. The average molecular weight is 296 g/mol. The van der Waals surface area contributed by atoms with Crippen molar-refractivity contribution in [3.8, 4) is 5.75 Å². The van der Waals surface area contributed by atoms with E-state index in [1.807, 2.05) is 12.1 Å². The summed E-state index contributed by atoms with van der Waals surface area (Å²) in [6, 6.07) is 19.5. The van der Waals surface area contributed by atoms with Crippen molar-refractivity contribution in [1.82, 2.24) is 10.6 Å². The lowest BCUT2D eigenvalue weighted by molar-refractivity contribution is 0.337. The zero-order chi connectivity index (χ0) is 15.2. The van der Waals surface area contributed by atoms with E-state index in [9.17, 15) is 0 Å². The number of benzene rings is 2. The second-order valence-electron chi connectivity index (χ2n) is 5.81. The zero-order valence-corrected chi connectivity index (χ0v) is 13.1. The van der Waals surface area contributed by atoms with Crippen LogP contribution in [0.25, 0.3) is 0 Å². The molecule has 2 aromatic carbocycles. The molecule has 3 heteroatoms. The van der Waals surface area contributed by atoms with Gasteiger partial charge in [-0.05, 0) is 24.6 Å². The molecule has 3 nitrogen and oxygen atoms in total. The predicted octanol–water partition coefficient (Wildman–Crippen LogP) is 2.93. The zero-order valence-electron chi connectivity index (χ0n) is 13.1. The van der Waals surface area contributed by atoms with Gasteiger partial charge in [0.15, 0.2) is 0 Å². The third-order valence-electron chi connectivity index (χ3n) is 4.46. The molecule has 22 heavy (non-hydrogen) atoms. The Kier molecular flexibility index (Phi) is 5.09. The van der Waals surface area contributed by atoms with Gasteiger partial charge in [-0.15, -0.1) is 0 Å². The van der Waals surface area contributed by atoms with Gasteiger partial charge >= 0.3 is 0 Å². The molecule has 2 atom stereocenters. The maximum absolute atomic E-state index is 5.44. The maximum Gasteiger partial charge on any atom is 0.123 e. The average Bonchev–Trinajstić information content (AvgIpc) is 2.61. The number of hydrogen-bond donors (Lipinski definition) is 2. The molecule has 0 radical (unpaired) electrons. The van der Waals surface area contributed by atoms with Crippen molar-refractivity contribution in [1.29, 1.82) is 0 Å². The van der Waals surface area contributed by atoms with Crippen LogP contribution in [0.5, 0.6) is 5.75 Å². The molecule has 1 fully saturated rings. The van der Waals surface area contributed by atoms with Gasteiger partial charge in [-0.25, -0.2) is 0 Å². The van der Waals surface area contributed by atoms with E-state index in [-0.39, 0.29) is 0 Å². The van der Waals surface area contributed by atoms with E-state index in [1.54, 1.807) is 7.11 Å². The molecular weight excluding hydrogens is 272 g/mol. The van der Waals surface area contributed by atoms with Gasteiger partial charge in [0.05, 0.1) is 7.11 Å². The van der Waals surface area contributed by atoms with E-state index in [0.29, 0.717) is 12.0 Å². The fourth-order valence-electron chi connectivity index (χ4n) is 3.24. The summed E-state index contributed by atoms with van der Waals surface area (Å²) in [4.78, 5) is 0. The van der Waals surface area contributed by atoms with Crippen LogP contribution in [0.3, 0.4) is 0 Å². The molecule has 0 aliphatic carbocycles. The Morgan fingerprint density at radius 3 is 2.68 bits per heavy atom. The molecular formula is C19H24N2O. The predicted molar refractivity (Wildman–Crippen MR) is 90.3 cm³/mol. The second kappa shape index (κ2) is 7.43. The molecule has 0 unspecified atom stereocenters. The molecule has 0 saturated carbocycles. The van der Waals surface area contributed by atoms with Crippen molar-refractivity contribution >= 4 is 0 Å². The Labute approximate surface area is 132 Å². The largest absolute Gasteiger partial charge is 0.496 e. The first-order chi connectivity index (χ1) is 10.9. The number of nitrogens with one attached hydrogen (secondary N) is 2. The Morgan fingerprint density at radius 2 is 1.86 bits per heavy atom. The fourth-order valence-corrected chi connectivity index (χ4v) is 3.24. The highest BCUT2D eigenvalue weighted by Gasteiger charge is 2.25. The highest BCUT2D eigenvalue weighted by molar-refractivity contribution is 5.33. The van der Waals surface area contributed by atoms with Crippen LogP contribution >= 0.6 is 0 Å². The molecule has 0 amide bonds. The Bertz CT molecular complexity index is 585. The summed E-state index contributed by atoms with van der Waals surface area (Å²) in [5.74, 6) is 1.48. The Balaban J connectivity index is 1.69. The van der Waals surface area contributed by atoms with Gasteiger partial charge in [0.1, 0.15) is 5.75 Å². The molecule has 1 heterocycles. The summed E-state index contributed by atoms with van der Waals surface area (Å²) in [5, 5.41) is 7.26. The minimum atomic E-state index is 0.494. The fraction of sp³-hybridized carbons (Fsp3) is 0.368. The molecule has 116 valence electrons. The van der Waals surface area contributed by atoms with Gasteiger partial charge < -0.3 is 15.4 Å². The van der Waals surface area contributed by atoms with Crippen LogP contribution in [0.2, 0.25) is 0 Å². The van der Waals surface area contributed by atoms with Crippen LogP contribution in [0, 0.1) is 0 Å².